The lowest BCUT2D eigenvalue weighted by molar-refractivity contribution is -0.115. The number of fused-ring (bicyclic) bond motifs is 3. The van der Waals surface area contributed by atoms with Crippen LogP contribution >= 0.6 is 0 Å². The molecular weight excluding hydrogens is 532 g/mol. The van der Waals surface area contributed by atoms with Crippen molar-refractivity contribution in [2.75, 3.05) is 26.6 Å². The van der Waals surface area contributed by atoms with Gasteiger partial charge in [0, 0.05) is 11.3 Å². The highest BCUT2D eigenvalue weighted by Gasteiger charge is 2.19. The van der Waals surface area contributed by atoms with Gasteiger partial charge < -0.3 is 25.3 Å². The van der Waals surface area contributed by atoms with Crippen LogP contribution in [0.15, 0.2) is 77.8 Å². The van der Waals surface area contributed by atoms with Gasteiger partial charge in [-0.05, 0) is 71.0 Å². The van der Waals surface area contributed by atoms with Crippen molar-refractivity contribution in [3.8, 4) is 28.4 Å². The molecular formula is C33H32N4O5. The maximum atomic E-state index is 13.0. The van der Waals surface area contributed by atoms with Crippen LogP contribution in [0.25, 0.3) is 11.1 Å². The number of nitrogens with zero attached hydrogens (tertiary/aromatic N) is 1. The maximum Gasteiger partial charge on any atom is 0.258 e. The first kappa shape index (κ1) is 28.2. The Labute approximate surface area is 244 Å². The average Bonchev–Trinajstić information content (AvgIpc) is 3.35. The van der Waals surface area contributed by atoms with Crippen LogP contribution in [0.4, 0.5) is 11.4 Å². The largest absolute Gasteiger partial charge is 0.493 e. The van der Waals surface area contributed by atoms with Gasteiger partial charge in [-0.3, -0.25) is 14.9 Å². The fraction of sp³-hybridized carbons (Fsp3) is 0.182. The molecule has 9 heteroatoms. The van der Waals surface area contributed by atoms with E-state index in [2.05, 4.69) is 46.0 Å². The number of methoxy groups -OCH3 is 3. The number of benzene rings is 4. The van der Waals surface area contributed by atoms with E-state index in [4.69, 9.17) is 19.9 Å². The van der Waals surface area contributed by atoms with Crippen molar-refractivity contribution < 1.29 is 23.8 Å². The summed E-state index contributed by atoms with van der Waals surface area (Å²) in [5.74, 6) is 0.276. The van der Waals surface area contributed by atoms with Gasteiger partial charge in [0.25, 0.3) is 5.91 Å². The van der Waals surface area contributed by atoms with Gasteiger partial charge >= 0.3 is 0 Å². The Morgan fingerprint density at radius 1 is 0.857 bits per heavy atom. The van der Waals surface area contributed by atoms with Gasteiger partial charge in [-0.15, -0.1) is 0 Å². The number of aryl methyl sites for hydroxylation is 1. The second-order valence-corrected chi connectivity index (χ2v) is 9.91. The van der Waals surface area contributed by atoms with Crippen molar-refractivity contribution in [3.05, 3.63) is 101 Å². The molecule has 42 heavy (non-hydrogen) atoms. The van der Waals surface area contributed by atoms with Gasteiger partial charge in [0.2, 0.25) is 17.6 Å². The Balaban J connectivity index is 1.26. The van der Waals surface area contributed by atoms with E-state index < -0.39 is 5.91 Å². The number of amides is 2. The number of nitrogens with one attached hydrogen (secondary N) is 2. The molecule has 2 amide bonds. The fourth-order valence-corrected chi connectivity index (χ4v) is 5.07. The number of ether oxygens (including phenoxy) is 3. The second-order valence-electron chi connectivity index (χ2n) is 9.91. The summed E-state index contributed by atoms with van der Waals surface area (Å²) in [7, 11) is 4.41. The number of aliphatic imine (C=N–C) groups is 1. The fourth-order valence-electron chi connectivity index (χ4n) is 5.07. The molecule has 0 heterocycles. The topological polar surface area (TPSA) is 124 Å². The number of carbonyl (C=O) groups is 2. The number of anilines is 1. The number of guanidine groups is 1. The van der Waals surface area contributed by atoms with Gasteiger partial charge in [0.15, 0.2) is 11.5 Å². The first-order valence-electron chi connectivity index (χ1n) is 13.4. The summed E-state index contributed by atoms with van der Waals surface area (Å²) < 4.78 is 15.9. The lowest BCUT2D eigenvalue weighted by Crippen LogP contribution is -2.36. The molecule has 0 saturated carbocycles. The Morgan fingerprint density at radius 3 is 2.29 bits per heavy atom. The van der Waals surface area contributed by atoms with Crippen molar-refractivity contribution in [2.45, 2.75) is 19.8 Å². The number of hydrogen-bond acceptors (Lipinski definition) is 6. The smallest absolute Gasteiger partial charge is 0.258 e. The third-order valence-electron chi connectivity index (χ3n) is 7.14. The minimum absolute atomic E-state index is 0.117. The lowest BCUT2D eigenvalue weighted by atomic mass is 10.0. The lowest BCUT2D eigenvalue weighted by Gasteiger charge is -2.14. The zero-order valence-corrected chi connectivity index (χ0v) is 23.9. The second kappa shape index (κ2) is 12.1. The number of carbonyl (C=O) groups excluding carboxylic acids is 2. The molecule has 0 saturated heterocycles. The maximum absolute atomic E-state index is 13.0. The molecule has 0 spiro atoms. The minimum atomic E-state index is -0.506. The highest BCUT2D eigenvalue weighted by Crippen LogP contribution is 2.38. The molecule has 214 valence electrons. The highest BCUT2D eigenvalue weighted by molar-refractivity contribution is 6.06. The van der Waals surface area contributed by atoms with Crippen molar-refractivity contribution in [3.63, 3.8) is 0 Å². The zero-order valence-electron chi connectivity index (χ0n) is 23.9. The van der Waals surface area contributed by atoms with Gasteiger partial charge in [-0.25, -0.2) is 4.99 Å². The number of hydrogen-bond donors (Lipinski definition) is 3. The normalized spacial score (nSPS) is 11.8. The van der Waals surface area contributed by atoms with Crippen LogP contribution in [-0.2, 0) is 17.6 Å². The minimum Gasteiger partial charge on any atom is -0.493 e. The van der Waals surface area contributed by atoms with Crippen LogP contribution in [0.3, 0.4) is 0 Å². The van der Waals surface area contributed by atoms with Crippen LogP contribution in [0.5, 0.6) is 17.2 Å². The Hall–Kier alpha value is -5.31. The van der Waals surface area contributed by atoms with Crippen LogP contribution in [-0.4, -0.2) is 39.1 Å². The Kier molecular flexibility index (Phi) is 8.10. The van der Waals surface area contributed by atoms with Crippen LogP contribution in [0, 0.1) is 6.92 Å². The average molecular weight is 565 g/mol. The molecule has 0 radical (unpaired) electrons. The van der Waals surface area contributed by atoms with Crippen LogP contribution < -0.4 is 30.6 Å². The number of nitrogens with two attached hydrogens (primary N) is 1. The van der Waals surface area contributed by atoms with E-state index in [9.17, 15) is 9.59 Å². The summed E-state index contributed by atoms with van der Waals surface area (Å²) in [6, 6.07) is 22.9. The quantitative estimate of drug-likeness (QED) is 0.177. The summed E-state index contributed by atoms with van der Waals surface area (Å²) in [6.07, 6.45) is 1.11. The van der Waals surface area contributed by atoms with E-state index in [1.165, 1.54) is 55.7 Å². The van der Waals surface area contributed by atoms with E-state index >= 15 is 0 Å². The molecule has 0 aromatic heterocycles. The van der Waals surface area contributed by atoms with Crippen molar-refractivity contribution in [1.82, 2.24) is 5.32 Å². The predicted octanol–water partition coefficient (Wildman–Crippen LogP) is 5.15. The monoisotopic (exact) mass is 564 g/mol. The summed E-state index contributed by atoms with van der Waals surface area (Å²) in [4.78, 5) is 30.2. The Bertz CT molecular complexity index is 1690. The van der Waals surface area contributed by atoms with Gasteiger partial charge in [0.1, 0.15) is 0 Å². The van der Waals surface area contributed by atoms with Gasteiger partial charge in [-0.2, -0.15) is 0 Å². The molecule has 0 unspecified atom stereocenters. The molecule has 1 aliphatic rings. The number of rotatable bonds is 8. The molecule has 9 nitrogen and oxygen atoms in total. The summed E-state index contributed by atoms with van der Waals surface area (Å²) >= 11 is 0. The van der Waals surface area contributed by atoms with E-state index in [1.54, 1.807) is 12.1 Å². The van der Waals surface area contributed by atoms with Crippen molar-refractivity contribution >= 4 is 29.1 Å². The first-order chi connectivity index (χ1) is 20.3. The zero-order chi connectivity index (χ0) is 29.8. The standard InChI is InChI=1S/C33H32N4O5/c1-19-9-11-24(35-33(34)37-32(39)23-16-28(40-2)31(42-4)29(17-23)41-3)18-27(19)36-30(38)14-20-10-12-26-22(13-20)15-21-7-5-6-8-25(21)26/h5-13,16-18H,14-15H2,1-4H3,(H,36,38)(H3,34,35,37,39). The van der Waals surface area contributed by atoms with Gasteiger partial charge in [-0.1, -0.05) is 48.5 Å². The molecule has 0 fully saturated rings. The summed E-state index contributed by atoms with van der Waals surface area (Å²) in [5, 5.41) is 5.55. The molecule has 0 atom stereocenters. The molecule has 4 aromatic carbocycles. The SMILES string of the molecule is COc1cc(C(=O)NC(N)=Nc2ccc(C)c(NC(=O)Cc3ccc4c(c3)Cc3ccccc3-4)c2)cc(OC)c1OC. The Morgan fingerprint density at radius 2 is 1.57 bits per heavy atom. The summed E-state index contributed by atoms with van der Waals surface area (Å²) in [5.41, 5.74) is 14.2. The molecule has 4 aromatic rings. The third kappa shape index (κ3) is 5.90. The predicted molar refractivity (Wildman–Crippen MR) is 163 cm³/mol. The van der Waals surface area contributed by atoms with Crippen LogP contribution in [0.1, 0.15) is 32.6 Å². The van der Waals surface area contributed by atoms with Crippen molar-refractivity contribution in [1.29, 1.82) is 0 Å². The molecule has 0 bridgehead atoms. The molecule has 5 rings (SSSR count). The van der Waals surface area contributed by atoms with E-state index in [-0.39, 0.29) is 23.9 Å². The van der Waals surface area contributed by atoms with E-state index in [0.717, 1.165) is 17.5 Å². The summed E-state index contributed by atoms with van der Waals surface area (Å²) in [6.45, 7) is 1.89. The molecule has 0 aliphatic heterocycles. The molecule has 4 N–H and O–H groups in total. The van der Waals surface area contributed by atoms with E-state index in [1.807, 2.05) is 25.1 Å². The first-order valence-corrected chi connectivity index (χ1v) is 13.4. The molecule has 1 aliphatic carbocycles. The highest BCUT2D eigenvalue weighted by atomic mass is 16.5. The van der Waals surface area contributed by atoms with Gasteiger partial charge in [0.05, 0.1) is 33.4 Å². The van der Waals surface area contributed by atoms with Crippen LogP contribution in [0.2, 0.25) is 0 Å². The third-order valence-corrected chi connectivity index (χ3v) is 7.14. The van der Waals surface area contributed by atoms with Crippen molar-refractivity contribution in [2.24, 2.45) is 10.7 Å². The van der Waals surface area contributed by atoms with E-state index in [0.29, 0.717) is 28.6 Å².